The lowest BCUT2D eigenvalue weighted by Gasteiger charge is -2.23. The van der Waals surface area contributed by atoms with E-state index in [2.05, 4.69) is 4.98 Å². The van der Waals surface area contributed by atoms with Crippen LogP contribution in [0.15, 0.2) is 75.9 Å². The minimum atomic E-state index is -0.901. The van der Waals surface area contributed by atoms with Crippen LogP contribution in [0.3, 0.4) is 0 Å². The molecule has 1 amide bonds. The molecule has 0 saturated heterocycles. The lowest BCUT2D eigenvalue weighted by Crippen LogP contribution is -2.29. The molecule has 5 aromatic rings. The number of anilines is 1. The third-order valence-electron chi connectivity index (χ3n) is 7.30. The number of aryl methyl sites for hydroxylation is 2. The van der Waals surface area contributed by atoms with Crippen molar-refractivity contribution in [2.45, 2.75) is 40.3 Å². The SMILES string of the molecule is CCOC(=O)c1sc(N2C(=O)c3oc4ccc(C)cc4c(=O)c3C2c2ccc(OCc3ccccc3)c(OCC)c2)nc1C. The zero-order valence-electron chi connectivity index (χ0n) is 24.7. The smallest absolute Gasteiger partial charge is 0.350 e. The van der Waals surface area contributed by atoms with Gasteiger partial charge in [0, 0.05) is 0 Å². The van der Waals surface area contributed by atoms with Crippen LogP contribution in [0.4, 0.5) is 5.13 Å². The number of benzene rings is 3. The van der Waals surface area contributed by atoms with Crippen molar-refractivity contribution in [2.24, 2.45) is 0 Å². The lowest BCUT2D eigenvalue weighted by atomic mass is 9.98. The molecule has 1 unspecified atom stereocenters. The Labute approximate surface area is 257 Å². The molecule has 9 nitrogen and oxygen atoms in total. The number of aromatic nitrogens is 1. The minimum Gasteiger partial charge on any atom is -0.490 e. The molecule has 1 atom stereocenters. The van der Waals surface area contributed by atoms with E-state index in [0.717, 1.165) is 22.5 Å². The maximum Gasteiger partial charge on any atom is 0.350 e. The largest absolute Gasteiger partial charge is 0.490 e. The first kappa shape index (κ1) is 29.1. The van der Waals surface area contributed by atoms with Crippen molar-refractivity contribution in [1.29, 1.82) is 0 Å². The summed E-state index contributed by atoms with van der Waals surface area (Å²) in [4.78, 5) is 47.1. The molecule has 44 heavy (non-hydrogen) atoms. The van der Waals surface area contributed by atoms with E-state index in [-0.39, 0.29) is 33.4 Å². The number of fused-ring (bicyclic) bond motifs is 2. The van der Waals surface area contributed by atoms with E-state index in [9.17, 15) is 14.4 Å². The summed E-state index contributed by atoms with van der Waals surface area (Å²) in [5.41, 5.74) is 3.09. The number of hydrogen-bond acceptors (Lipinski definition) is 9. The van der Waals surface area contributed by atoms with Gasteiger partial charge >= 0.3 is 5.97 Å². The van der Waals surface area contributed by atoms with E-state index in [1.165, 1.54) is 4.90 Å². The van der Waals surface area contributed by atoms with Crippen molar-refractivity contribution >= 4 is 39.3 Å². The molecule has 0 spiro atoms. The Morgan fingerprint density at radius 1 is 0.955 bits per heavy atom. The average Bonchev–Trinajstić information content (AvgIpc) is 3.54. The van der Waals surface area contributed by atoms with Crippen molar-refractivity contribution in [2.75, 3.05) is 18.1 Å². The van der Waals surface area contributed by atoms with E-state index in [1.807, 2.05) is 50.2 Å². The Hall–Kier alpha value is -4.96. The van der Waals surface area contributed by atoms with Gasteiger partial charge in [-0.1, -0.05) is 59.4 Å². The van der Waals surface area contributed by atoms with Crippen LogP contribution in [0.5, 0.6) is 11.5 Å². The van der Waals surface area contributed by atoms with Crippen molar-refractivity contribution in [3.63, 3.8) is 0 Å². The fourth-order valence-corrected chi connectivity index (χ4v) is 6.28. The minimum absolute atomic E-state index is 0.0655. The van der Waals surface area contributed by atoms with Crippen molar-refractivity contribution in [1.82, 2.24) is 4.98 Å². The third-order valence-corrected chi connectivity index (χ3v) is 8.44. The number of rotatable bonds is 9. The molecule has 6 rings (SSSR count). The molecule has 0 saturated carbocycles. The molecule has 0 radical (unpaired) electrons. The van der Waals surface area contributed by atoms with Crippen LogP contribution >= 0.6 is 11.3 Å². The second-order valence-corrected chi connectivity index (χ2v) is 11.3. The molecule has 0 fully saturated rings. The quantitative estimate of drug-likeness (QED) is 0.168. The molecule has 0 N–H and O–H groups in total. The van der Waals surface area contributed by atoms with E-state index in [4.69, 9.17) is 18.6 Å². The first-order chi connectivity index (χ1) is 21.3. The molecule has 224 valence electrons. The second-order valence-electron chi connectivity index (χ2n) is 10.3. The first-order valence-electron chi connectivity index (χ1n) is 14.3. The maximum absolute atomic E-state index is 14.1. The molecule has 3 aromatic carbocycles. The van der Waals surface area contributed by atoms with Gasteiger partial charge in [-0.15, -0.1) is 0 Å². The molecule has 1 aliphatic heterocycles. The highest BCUT2D eigenvalue weighted by Crippen LogP contribution is 2.45. The monoisotopic (exact) mass is 610 g/mol. The molecule has 1 aliphatic rings. The third kappa shape index (κ3) is 5.22. The first-order valence-corrected chi connectivity index (χ1v) is 15.1. The van der Waals surface area contributed by atoms with Crippen LogP contribution in [0.1, 0.15) is 68.1 Å². The van der Waals surface area contributed by atoms with Gasteiger partial charge in [0.25, 0.3) is 5.91 Å². The van der Waals surface area contributed by atoms with Gasteiger partial charge in [-0.25, -0.2) is 9.78 Å². The number of thiazole rings is 1. The van der Waals surface area contributed by atoms with Crippen LogP contribution in [0, 0.1) is 13.8 Å². The number of hydrogen-bond donors (Lipinski definition) is 0. The number of carbonyl (C=O) groups excluding carboxylic acids is 2. The van der Waals surface area contributed by atoms with Gasteiger partial charge in [-0.05, 0) is 63.1 Å². The van der Waals surface area contributed by atoms with Gasteiger partial charge in [0.15, 0.2) is 22.1 Å². The number of esters is 1. The van der Waals surface area contributed by atoms with E-state index < -0.39 is 17.9 Å². The molecule has 2 aromatic heterocycles. The Morgan fingerprint density at radius 2 is 1.75 bits per heavy atom. The molecule has 0 aliphatic carbocycles. The second kappa shape index (κ2) is 12.0. The van der Waals surface area contributed by atoms with Crippen LogP contribution in [-0.2, 0) is 11.3 Å². The Bertz CT molecular complexity index is 1950. The lowest BCUT2D eigenvalue weighted by molar-refractivity contribution is 0.0531. The number of ether oxygens (including phenoxy) is 3. The summed E-state index contributed by atoms with van der Waals surface area (Å²) in [5, 5.41) is 0.618. The fourth-order valence-electron chi connectivity index (χ4n) is 5.29. The van der Waals surface area contributed by atoms with Crippen molar-refractivity contribution < 1.29 is 28.2 Å². The summed E-state index contributed by atoms with van der Waals surface area (Å²) in [7, 11) is 0. The molecule has 10 heteroatoms. The van der Waals surface area contributed by atoms with Crippen LogP contribution in [0.2, 0.25) is 0 Å². The zero-order chi connectivity index (χ0) is 31.0. The maximum atomic E-state index is 14.1. The summed E-state index contributed by atoms with van der Waals surface area (Å²) in [6.07, 6.45) is 0. The predicted octanol–water partition coefficient (Wildman–Crippen LogP) is 6.77. The number of amides is 1. The molecular formula is C34H30N2O7S. The highest BCUT2D eigenvalue weighted by Gasteiger charge is 2.45. The zero-order valence-corrected chi connectivity index (χ0v) is 25.5. The van der Waals surface area contributed by atoms with Crippen LogP contribution in [0.25, 0.3) is 11.0 Å². The van der Waals surface area contributed by atoms with Gasteiger partial charge < -0.3 is 18.6 Å². The fraction of sp³-hybridized carbons (Fsp3) is 0.235. The summed E-state index contributed by atoms with van der Waals surface area (Å²) in [5.74, 6) is -0.138. The molecule has 3 heterocycles. The summed E-state index contributed by atoms with van der Waals surface area (Å²) in [6.45, 7) is 8.06. The van der Waals surface area contributed by atoms with Gasteiger partial charge in [-0.2, -0.15) is 0 Å². The predicted molar refractivity (Wildman–Crippen MR) is 167 cm³/mol. The average molecular weight is 611 g/mol. The van der Waals surface area contributed by atoms with Crippen LogP contribution < -0.4 is 19.8 Å². The summed E-state index contributed by atoms with van der Waals surface area (Å²) < 4.78 is 23.4. The summed E-state index contributed by atoms with van der Waals surface area (Å²) >= 11 is 1.03. The molecular weight excluding hydrogens is 580 g/mol. The Kier molecular flexibility index (Phi) is 7.92. The number of carbonyl (C=O) groups is 2. The standard InChI is InChI=1S/C34H30N2O7S/c1-5-40-26-17-22(13-15-25(26)42-18-21-10-8-7-9-11-21)28-27-29(37)23-16-19(3)12-14-24(23)43-30(27)32(38)36(28)34-35-20(4)31(44-34)33(39)41-6-2/h7-17,28H,5-6,18H2,1-4H3. The van der Waals surface area contributed by atoms with Gasteiger partial charge in [0.2, 0.25) is 5.76 Å². The van der Waals surface area contributed by atoms with Gasteiger partial charge in [0.1, 0.15) is 17.1 Å². The van der Waals surface area contributed by atoms with E-state index >= 15 is 0 Å². The Morgan fingerprint density at radius 3 is 2.50 bits per heavy atom. The normalized spacial score (nSPS) is 14.1. The topological polar surface area (TPSA) is 108 Å². The molecule has 0 bridgehead atoms. The van der Waals surface area contributed by atoms with Crippen molar-refractivity contribution in [3.05, 3.63) is 116 Å². The highest BCUT2D eigenvalue weighted by molar-refractivity contribution is 7.17. The van der Waals surface area contributed by atoms with E-state index in [0.29, 0.717) is 46.9 Å². The highest BCUT2D eigenvalue weighted by atomic mass is 32.1. The van der Waals surface area contributed by atoms with Gasteiger partial charge in [-0.3, -0.25) is 14.5 Å². The van der Waals surface area contributed by atoms with E-state index in [1.54, 1.807) is 44.2 Å². The Balaban J connectivity index is 1.50. The summed E-state index contributed by atoms with van der Waals surface area (Å²) in [6, 6.07) is 19.5. The number of nitrogens with zero attached hydrogens (tertiary/aromatic N) is 2. The van der Waals surface area contributed by atoms with Crippen LogP contribution in [-0.4, -0.2) is 30.1 Å². The van der Waals surface area contributed by atoms with Gasteiger partial charge in [0.05, 0.1) is 35.9 Å². The van der Waals surface area contributed by atoms with Crippen molar-refractivity contribution in [3.8, 4) is 11.5 Å².